The second-order valence-electron chi connectivity index (χ2n) is 5.88. The summed E-state index contributed by atoms with van der Waals surface area (Å²) in [7, 11) is 0. The van der Waals surface area contributed by atoms with Crippen LogP contribution in [0.4, 0.5) is 0 Å². The molecule has 1 nitrogen and oxygen atoms in total. The van der Waals surface area contributed by atoms with Crippen LogP contribution in [0.5, 0.6) is 0 Å². The zero-order chi connectivity index (χ0) is 11.3. The van der Waals surface area contributed by atoms with E-state index in [1.165, 1.54) is 31.4 Å². The van der Waals surface area contributed by atoms with Crippen molar-refractivity contribution in [2.24, 2.45) is 5.41 Å². The van der Waals surface area contributed by atoms with Gasteiger partial charge in [0, 0.05) is 17.8 Å². The smallest absolute Gasteiger partial charge is 0.00778 e. The maximum atomic E-state index is 3.74. The first-order valence-corrected chi connectivity index (χ1v) is 7.41. The SMILES string of the molecule is CCSC1CCCC(NCC(C)(C)C)C1. The van der Waals surface area contributed by atoms with Gasteiger partial charge in [0.05, 0.1) is 0 Å². The number of rotatable bonds is 4. The van der Waals surface area contributed by atoms with Crippen LogP contribution < -0.4 is 5.32 Å². The molecule has 0 aromatic carbocycles. The molecule has 0 aliphatic heterocycles. The maximum absolute atomic E-state index is 3.74. The van der Waals surface area contributed by atoms with Crippen molar-refractivity contribution in [2.45, 2.75) is 64.7 Å². The van der Waals surface area contributed by atoms with Crippen molar-refractivity contribution in [1.29, 1.82) is 0 Å². The van der Waals surface area contributed by atoms with Gasteiger partial charge in [-0.3, -0.25) is 0 Å². The second kappa shape index (κ2) is 6.15. The van der Waals surface area contributed by atoms with Crippen LogP contribution in [0.2, 0.25) is 0 Å². The molecular formula is C13H27NS. The van der Waals surface area contributed by atoms with Gasteiger partial charge in [0.2, 0.25) is 0 Å². The average Bonchev–Trinajstić information content (AvgIpc) is 2.15. The van der Waals surface area contributed by atoms with Crippen molar-refractivity contribution < 1.29 is 0 Å². The molecule has 2 heteroatoms. The highest BCUT2D eigenvalue weighted by Crippen LogP contribution is 2.28. The van der Waals surface area contributed by atoms with Crippen LogP contribution >= 0.6 is 11.8 Å². The monoisotopic (exact) mass is 229 g/mol. The molecule has 1 aliphatic carbocycles. The van der Waals surface area contributed by atoms with Crippen LogP contribution in [0.25, 0.3) is 0 Å². The van der Waals surface area contributed by atoms with E-state index in [1.807, 2.05) is 0 Å². The van der Waals surface area contributed by atoms with Gasteiger partial charge in [0.15, 0.2) is 0 Å². The van der Waals surface area contributed by atoms with Gasteiger partial charge in [0.1, 0.15) is 0 Å². The fourth-order valence-corrected chi connectivity index (χ4v) is 3.34. The Kier molecular flexibility index (Phi) is 5.48. The predicted octanol–water partition coefficient (Wildman–Crippen LogP) is 3.69. The van der Waals surface area contributed by atoms with Crippen molar-refractivity contribution in [1.82, 2.24) is 5.32 Å². The minimum absolute atomic E-state index is 0.421. The highest BCUT2D eigenvalue weighted by Gasteiger charge is 2.22. The average molecular weight is 229 g/mol. The summed E-state index contributed by atoms with van der Waals surface area (Å²) >= 11 is 2.15. The van der Waals surface area contributed by atoms with Gasteiger partial charge < -0.3 is 5.32 Å². The lowest BCUT2D eigenvalue weighted by Gasteiger charge is -2.31. The summed E-state index contributed by atoms with van der Waals surface area (Å²) in [5, 5.41) is 4.65. The highest BCUT2D eigenvalue weighted by molar-refractivity contribution is 7.99. The molecule has 0 spiro atoms. The summed E-state index contributed by atoms with van der Waals surface area (Å²) in [5.74, 6) is 1.27. The topological polar surface area (TPSA) is 12.0 Å². The number of thioether (sulfide) groups is 1. The van der Waals surface area contributed by atoms with E-state index in [0.717, 1.165) is 17.8 Å². The molecule has 2 unspecified atom stereocenters. The molecule has 0 saturated heterocycles. The third-order valence-corrected chi connectivity index (χ3v) is 4.18. The summed E-state index contributed by atoms with van der Waals surface area (Å²) in [6.07, 6.45) is 5.62. The Hall–Kier alpha value is 0.310. The van der Waals surface area contributed by atoms with Crippen LogP contribution in [-0.2, 0) is 0 Å². The van der Waals surface area contributed by atoms with E-state index in [-0.39, 0.29) is 0 Å². The molecule has 0 heterocycles. The molecule has 0 bridgehead atoms. The van der Waals surface area contributed by atoms with Crippen molar-refractivity contribution in [3.63, 3.8) is 0 Å². The highest BCUT2D eigenvalue weighted by atomic mass is 32.2. The first-order chi connectivity index (χ1) is 7.01. The summed E-state index contributed by atoms with van der Waals surface area (Å²) < 4.78 is 0. The normalized spacial score (nSPS) is 28.0. The van der Waals surface area contributed by atoms with Gasteiger partial charge in [-0.25, -0.2) is 0 Å². The van der Waals surface area contributed by atoms with Crippen LogP contribution in [0.3, 0.4) is 0 Å². The van der Waals surface area contributed by atoms with Gasteiger partial charge in [0.25, 0.3) is 0 Å². The Morgan fingerprint density at radius 2 is 2.00 bits per heavy atom. The molecule has 2 atom stereocenters. The third kappa shape index (κ3) is 5.82. The lowest BCUT2D eigenvalue weighted by Crippen LogP contribution is -2.39. The van der Waals surface area contributed by atoms with Gasteiger partial charge >= 0.3 is 0 Å². The second-order valence-corrected chi connectivity index (χ2v) is 7.46. The minimum atomic E-state index is 0.421. The van der Waals surface area contributed by atoms with E-state index in [2.05, 4.69) is 44.8 Å². The number of nitrogens with one attached hydrogen (secondary N) is 1. The fourth-order valence-electron chi connectivity index (χ4n) is 2.17. The molecule has 0 amide bonds. The molecule has 1 aliphatic rings. The summed E-state index contributed by atoms with van der Waals surface area (Å²) in [5.41, 5.74) is 0.421. The molecule has 0 radical (unpaired) electrons. The summed E-state index contributed by atoms with van der Waals surface area (Å²) in [6, 6.07) is 0.780. The molecule has 0 aromatic heterocycles. The molecule has 1 N–H and O–H groups in total. The molecule has 15 heavy (non-hydrogen) atoms. The Balaban J connectivity index is 2.24. The molecule has 1 fully saturated rings. The van der Waals surface area contributed by atoms with Crippen LogP contribution in [0, 0.1) is 5.41 Å². The first-order valence-electron chi connectivity index (χ1n) is 6.36. The van der Waals surface area contributed by atoms with Gasteiger partial charge in [-0.15, -0.1) is 0 Å². The van der Waals surface area contributed by atoms with Crippen molar-refractivity contribution in [3.05, 3.63) is 0 Å². The van der Waals surface area contributed by atoms with Crippen molar-refractivity contribution in [2.75, 3.05) is 12.3 Å². The molecular weight excluding hydrogens is 202 g/mol. The number of hydrogen-bond acceptors (Lipinski definition) is 2. The quantitative estimate of drug-likeness (QED) is 0.789. The van der Waals surface area contributed by atoms with E-state index >= 15 is 0 Å². The van der Waals surface area contributed by atoms with Gasteiger partial charge in [-0.2, -0.15) is 11.8 Å². The van der Waals surface area contributed by atoms with E-state index in [4.69, 9.17) is 0 Å². The fraction of sp³-hybridized carbons (Fsp3) is 1.00. The predicted molar refractivity (Wildman–Crippen MR) is 71.6 cm³/mol. The summed E-state index contributed by atoms with van der Waals surface area (Å²) in [6.45, 7) is 10.3. The zero-order valence-electron chi connectivity index (χ0n) is 10.8. The van der Waals surface area contributed by atoms with E-state index in [0.29, 0.717) is 5.41 Å². The lowest BCUT2D eigenvalue weighted by molar-refractivity contribution is 0.311. The Morgan fingerprint density at radius 1 is 1.27 bits per heavy atom. The number of hydrogen-bond donors (Lipinski definition) is 1. The van der Waals surface area contributed by atoms with Gasteiger partial charge in [-0.1, -0.05) is 34.1 Å². The van der Waals surface area contributed by atoms with Crippen LogP contribution in [-0.4, -0.2) is 23.6 Å². The zero-order valence-corrected chi connectivity index (χ0v) is 11.6. The van der Waals surface area contributed by atoms with Crippen LogP contribution in [0.1, 0.15) is 53.4 Å². The molecule has 0 aromatic rings. The summed E-state index contributed by atoms with van der Waals surface area (Å²) in [4.78, 5) is 0. The van der Waals surface area contributed by atoms with E-state index < -0.39 is 0 Å². The third-order valence-electron chi connectivity index (χ3n) is 2.95. The Labute approximate surface area is 99.8 Å². The van der Waals surface area contributed by atoms with Crippen molar-refractivity contribution in [3.8, 4) is 0 Å². The minimum Gasteiger partial charge on any atom is -0.313 e. The standard InChI is InChI=1S/C13H27NS/c1-5-15-12-8-6-7-11(9-12)14-10-13(2,3)4/h11-12,14H,5-10H2,1-4H3. The lowest BCUT2D eigenvalue weighted by atomic mass is 9.92. The first kappa shape index (κ1) is 13.4. The molecule has 1 rings (SSSR count). The largest absolute Gasteiger partial charge is 0.313 e. The molecule has 1 saturated carbocycles. The van der Waals surface area contributed by atoms with E-state index in [9.17, 15) is 0 Å². The Bertz CT molecular complexity index is 172. The maximum Gasteiger partial charge on any atom is 0.00778 e. The van der Waals surface area contributed by atoms with Crippen LogP contribution in [0.15, 0.2) is 0 Å². The van der Waals surface area contributed by atoms with Crippen molar-refractivity contribution >= 4 is 11.8 Å². The Morgan fingerprint density at radius 3 is 2.60 bits per heavy atom. The molecule has 90 valence electrons. The van der Waals surface area contributed by atoms with E-state index in [1.54, 1.807) is 0 Å². The van der Waals surface area contributed by atoms with Gasteiger partial charge in [-0.05, 0) is 30.4 Å².